The molecule has 0 bridgehead atoms. The first-order chi connectivity index (χ1) is 8.16. The van der Waals surface area contributed by atoms with Crippen LogP contribution in [0.4, 0.5) is 5.69 Å². The number of halogens is 1. The molecule has 1 heterocycles. The average molecular weight is 253 g/mol. The maximum Gasteiger partial charge on any atom is 0.241 e. The van der Waals surface area contributed by atoms with Gasteiger partial charge in [-0.1, -0.05) is 17.7 Å². The molecule has 1 N–H and O–H groups in total. The van der Waals surface area contributed by atoms with Crippen LogP contribution in [-0.4, -0.2) is 30.4 Å². The number of nitrogens with one attached hydrogen (secondary N) is 1. The Balaban J connectivity index is 1.90. The molecule has 92 valence electrons. The fourth-order valence-electron chi connectivity index (χ4n) is 2.01. The van der Waals surface area contributed by atoms with E-state index in [1.54, 1.807) is 0 Å². The molecular formula is C13H17ClN2O. The number of carbonyl (C=O) groups is 1. The van der Waals surface area contributed by atoms with Crippen molar-refractivity contribution in [2.24, 2.45) is 0 Å². The zero-order chi connectivity index (χ0) is 12.3. The predicted molar refractivity (Wildman–Crippen MR) is 70.5 cm³/mol. The summed E-state index contributed by atoms with van der Waals surface area (Å²) in [6.45, 7) is 4.10. The zero-order valence-electron chi connectivity index (χ0n) is 10.0. The van der Waals surface area contributed by atoms with E-state index in [1.807, 2.05) is 30.0 Å². The third kappa shape index (κ3) is 3.13. The molecular weight excluding hydrogens is 236 g/mol. The molecule has 2 rings (SSSR count). The summed E-state index contributed by atoms with van der Waals surface area (Å²) in [5.41, 5.74) is 1.94. The molecule has 0 unspecified atom stereocenters. The molecule has 1 fully saturated rings. The molecule has 3 nitrogen and oxygen atoms in total. The average Bonchev–Trinajstić information content (AvgIpc) is 2.81. The molecule has 17 heavy (non-hydrogen) atoms. The Hall–Kier alpha value is -1.22. The summed E-state index contributed by atoms with van der Waals surface area (Å²) in [6, 6.07) is 5.79. The Morgan fingerprint density at radius 3 is 2.76 bits per heavy atom. The van der Waals surface area contributed by atoms with Gasteiger partial charge in [-0.3, -0.25) is 4.79 Å². The van der Waals surface area contributed by atoms with E-state index in [0.29, 0.717) is 11.6 Å². The van der Waals surface area contributed by atoms with Crippen molar-refractivity contribution < 1.29 is 4.79 Å². The van der Waals surface area contributed by atoms with Gasteiger partial charge in [0.1, 0.15) is 0 Å². The number of benzene rings is 1. The van der Waals surface area contributed by atoms with Crippen molar-refractivity contribution in [3.8, 4) is 0 Å². The molecule has 1 aromatic rings. The fraction of sp³-hybridized carbons (Fsp3) is 0.462. The molecule has 0 atom stereocenters. The van der Waals surface area contributed by atoms with Crippen LogP contribution >= 0.6 is 11.6 Å². The van der Waals surface area contributed by atoms with E-state index in [0.717, 1.165) is 37.2 Å². The topological polar surface area (TPSA) is 32.3 Å². The number of rotatable bonds is 3. The normalized spacial score (nSPS) is 15.1. The molecule has 0 radical (unpaired) electrons. The highest BCUT2D eigenvalue weighted by Gasteiger charge is 2.17. The Labute approximate surface area is 107 Å². The number of anilines is 1. The van der Waals surface area contributed by atoms with Gasteiger partial charge in [-0.05, 0) is 37.5 Å². The van der Waals surface area contributed by atoms with Gasteiger partial charge in [0.25, 0.3) is 0 Å². The SMILES string of the molecule is Cc1ccc(NCC(=O)N2CCCC2)c(Cl)c1. The summed E-state index contributed by atoms with van der Waals surface area (Å²) in [5, 5.41) is 3.76. The summed E-state index contributed by atoms with van der Waals surface area (Å²) in [5.74, 6) is 0.152. The molecule has 1 aromatic carbocycles. The van der Waals surface area contributed by atoms with Crippen LogP contribution in [0.2, 0.25) is 5.02 Å². The summed E-state index contributed by atoms with van der Waals surface area (Å²) >= 11 is 6.09. The first-order valence-electron chi connectivity index (χ1n) is 5.94. The van der Waals surface area contributed by atoms with E-state index in [4.69, 9.17) is 11.6 Å². The fourth-order valence-corrected chi connectivity index (χ4v) is 2.31. The summed E-state index contributed by atoms with van der Waals surface area (Å²) in [7, 11) is 0. The quantitative estimate of drug-likeness (QED) is 0.897. The van der Waals surface area contributed by atoms with Gasteiger partial charge in [-0.15, -0.1) is 0 Å². The largest absolute Gasteiger partial charge is 0.375 e. The van der Waals surface area contributed by atoms with E-state index < -0.39 is 0 Å². The van der Waals surface area contributed by atoms with Crippen LogP contribution in [0.25, 0.3) is 0 Å². The van der Waals surface area contributed by atoms with Crippen molar-refractivity contribution in [3.05, 3.63) is 28.8 Å². The molecule has 0 aliphatic carbocycles. The molecule has 1 saturated heterocycles. The Bertz CT molecular complexity index is 414. The lowest BCUT2D eigenvalue weighted by Crippen LogP contribution is -2.33. The molecule has 0 saturated carbocycles. The lowest BCUT2D eigenvalue weighted by Gasteiger charge is -2.16. The van der Waals surface area contributed by atoms with Crippen LogP contribution in [0, 0.1) is 6.92 Å². The summed E-state index contributed by atoms with van der Waals surface area (Å²) in [4.78, 5) is 13.7. The van der Waals surface area contributed by atoms with Gasteiger partial charge in [-0.25, -0.2) is 0 Å². The third-order valence-electron chi connectivity index (χ3n) is 3.01. The van der Waals surface area contributed by atoms with Crippen molar-refractivity contribution in [1.29, 1.82) is 0 Å². The molecule has 1 aliphatic heterocycles. The van der Waals surface area contributed by atoms with Crippen molar-refractivity contribution in [1.82, 2.24) is 4.90 Å². The van der Waals surface area contributed by atoms with Gasteiger partial charge in [0.05, 0.1) is 17.3 Å². The standard InChI is InChI=1S/C13H17ClN2O/c1-10-4-5-12(11(14)8-10)15-9-13(17)16-6-2-3-7-16/h4-5,8,15H,2-3,6-7,9H2,1H3. The second kappa shape index (κ2) is 5.41. The van der Waals surface area contributed by atoms with E-state index in [2.05, 4.69) is 5.32 Å². The second-order valence-electron chi connectivity index (χ2n) is 4.42. The number of hydrogen-bond acceptors (Lipinski definition) is 2. The number of carbonyl (C=O) groups excluding carboxylic acids is 1. The molecule has 4 heteroatoms. The van der Waals surface area contributed by atoms with E-state index in [9.17, 15) is 4.79 Å². The highest BCUT2D eigenvalue weighted by atomic mass is 35.5. The minimum absolute atomic E-state index is 0.152. The third-order valence-corrected chi connectivity index (χ3v) is 3.33. The minimum atomic E-state index is 0.152. The molecule has 0 aromatic heterocycles. The lowest BCUT2D eigenvalue weighted by molar-refractivity contribution is -0.128. The number of hydrogen-bond donors (Lipinski definition) is 1. The Kier molecular flexibility index (Phi) is 3.89. The Morgan fingerprint density at radius 1 is 1.41 bits per heavy atom. The van der Waals surface area contributed by atoms with Gasteiger partial charge in [0, 0.05) is 13.1 Å². The summed E-state index contributed by atoms with van der Waals surface area (Å²) in [6.07, 6.45) is 2.24. The van der Waals surface area contributed by atoms with Crippen molar-refractivity contribution in [3.63, 3.8) is 0 Å². The number of likely N-dealkylation sites (tertiary alicyclic amines) is 1. The molecule has 1 amide bonds. The summed E-state index contributed by atoms with van der Waals surface area (Å²) < 4.78 is 0. The lowest BCUT2D eigenvalue weighted by atomic mass is 10.2. The highest BCUT2D eigenvalue weighted by Crippen LogP contribution is 2.22. The first-order valence-corrected chi connectivity index (χ1v) is 6.32. The first kappa shape index (κ1) is 12.2. The molecule has 0 spiro atoms. The minimum Gasteiger partial charge on any atom is -0.375 e. The van der Waals surface area contributed by atoms with E-state index >= 15 is 0 Å². The van der Waals surface area contributed by atoms with Crippen LogP contribution < -0.4 is 5.32 Å². The number of nitrogens with zero attached hydrogens (tertiary/aromatic N) is 1. The predicted octanol–water partition coefficient (Wildman–Crippen LogP) is 2.68. The van der Waals surface area contributed by atoms with Crippen LogP contribution in [0.5, 0.6) is 0 Å². The van der Waals surface area contributed by atoms with Gasteiger partial charge < -0.3 is 10.2 Å². The van der Waals surface area contributed by atoms with Crippen LogP contribution in [0.15, 0.2) is 18.2 Å². The van der Waals surface area contributed by atoms with Crippen molar-refractivity contribution in [2.75, 3.05) is 25.0 Å². The monoisotopic (exact) mass is 252 g/mol. The van der Waals surface area contributed by atoms with Gasteiger partial charge in [-0.2, -0.15) is 0 Å². The maximum atomic E-state index is 11.8. The van der Waals surface area contributed by atoms with Gasteiger partial charge in [0.2, 0.25) is 5.91 Å². The van der Waals surface area contributed by atoms with E-state index in [-0.39, 0.29) is 5.91 Å². The number of amides is 1. The Morgan fingerprint density at radius 2 is 2.12 bits per heavy atom. The van der Waals surface area contributed by atoms with Crippen LogP contribution in [0.3, 0.4) is 0 Å². The zero-order valence-corrected chi connectivity index (χ0v) is 10.8. The van der Waals surface area contributed by atoms with Crippen molar-refractivity contribution >= 4 is 23.2 Å². The van der Waals surface area contributed by atoms with Gasteiger partial charge in [0.15, 0.2) is 0 Å². The highest BCUT2D eigenvalue weighted by molar-refractivity contribution is 6.33. The van der Waals surface area contributed by atoms with E-state index in [1.165, 1.54) is 0 Å². The van der Waals surface area contributed by atoms with Crippen LogP contribution in [0.1, 0.15) is 18.4 Å². The van der Waals surface area contributed by atoms with Gasteiger partial charge >= 0.3 is 0 Å². The van der Waals surface area contributed by atoms with Crippen molar-refractivity contribution in [2.45, 2.75) is 19.8 Å². The molecule has 1 aliphatic rings. The smallest absolute Gasteiger partial charge is 0.241 e. The number of aryl methyl sites for hydroxylation is 1. The second-order valence-corrected chi connectivity index (χ2v) is 4.83. The van der Waals surface area contributed by atoms with Crippen LogP contribution in [-0.2, 0) is 4.79 Å². The maximum absolute atomic E-state index is 11.8.